The summed E-state index contributed by atoms with van der Waals surface area (Å²) >= 11 is 0. The van der Waals surface area contributed by atoms with E-state index in [4.69, 9.17) is 4.74 Å². The van der Waals surface area contributed by atoms with Gasteiger partial charge in [0.1, 0.15) is 5.75 Å². The van der Waals surface area contributed by atoms with Crippen molar-refractivity contribution in [3.63, 3.8) is 0 Å². The fourth-order valence-corrected chi connectivity index (χ4v) is 2.18. The molecular formula is C15H21N3O. The van der Waals surface area contributed by atoms with Crippen LogP contribution >= 0.6 is 0 Å². The van der Waals surface area contributed by atoms with Crippen LogP contribution in [0.2, 0.25) is 0 Å². The predicted molar refractivity (Wildman–Crippen MR) is 77.6 cm³/mol. The quantitative estimate of drug-likeness (QED) is 0.897. The summed E-state index contributed by atoms with van der Waals surface area (Å²) in [6.45, 7) is 4.96. The van der Waals surface area contributed by atoms with Crippen LogP contribution in [-0.2, 0) is 20.0 Å². The Morgan fingerprint density at radius 2 is 2.16 bits per heavy atom. The summed E-state index contributed by atoms with van der Waals surface area (Å²) in [4.78, 5) is 0. The molecule has 0 saturated heterocycles. The number of hydrogen-bond acceptors (Lipinski definition) is 3. The topological polar surface area (TPSA) is 39.1 Å². The molecule has 2 aromatic rings. The van der Waals surface area contributed by atoms with Crippen molar-refractivity contribution in [1.29, 1.82) is 0 Å². The number of ether oxygens (including phenoxy) is 1. The number of rotatable bonds is 5. The average molecular weight is 259 g/mol. The zero-order valence-corrected chi connectivity index (χ0v) is 12.0. The highest BCUT2D eigenvalue weighted by Crippen LogP contribution is 2.26. The van der Waals surface area contributed by atoms with Gasteiger partial charge in [-0.3, -0.25) is 4.68 Å². The molecule has 4 heteroatoms. The Morgan fingerprint density at radius 1 is 1.37 bits per heavy atom. The van der Waals surface area contributed by atoms with Gasteiger partial charge in [0, 0.05) is 25.4 Å². The largest absolute Gasteiger partial charge is 0.495 e. The van der Waals surface area contributed by atoms with Crippen LogP contribution in [0.5, 0.6) is 5.75 Å². The van der Waals surface area contributed by atoms with Crippen molar-refractivity contribution in [2.24, 2.45) is 7.05 Å². The highest BCUT2D eigenvalue weighted by molar-refractivity contribution is 5.58. The van der Waals surface area contributed by atoms with Crippen molar-refractivity contribution in [3.8, 4) is 5.75 Å². The van der Waals surface area contributed by atoms with Crippen LogP contribution in [-0.4, -0.2) is 16.9 Å². The molecule has 4 nitrogen and oxygen atoms in total. The maximum Gasteiger partial charge on any atom is 0.141 e. The molecule has 0 amide bonds. The van der Waals surface area contributed by atoms with E-state index >= 15 is 0 Å². The predicted octanol–water partition coefficient (Wildman–Crippen LogP) is 2.91. The van der Waals surface area contributed by atoms with Gasteiger partial charge in [0.25, 0.3) is 0 Å². The van der Waals surface area contributed by atoms with E-state index in [1.165, 1.54) is 11.1 Å². The lowest BCUT2D eigenvalue weighted by atomic mass is 10.2. The Hall–Kier alpha value is -1.97. The monoisotopic (exact) mass is 259 g/mol. The first-order valence-electron chi connectivity index (χ1n) is 6.54. The second-order valence-corrected chi connectivity index (χ2v) is 4.69. The third kappa shape index (κ3) is 3.08. The van der Waals surface area contributed by atoms with E-state index < -0.39 is 0 Å². The molecule has 0 aliphatic heterocycles. The maximum atomic E-state index is 5.37. The molecule has 1 N–H and O–H groups in total. The Labute approximate surface area is 114 Å². The molecule has 1 aromatic carbocycles. The third-order valence-corrected chi connectivity index (χ3v) is 3.15. The molecule has 1 heterocycles. The average Bonchev–Trinajstić information content (AvgIpc) is 2.77. The summed E-state index contributed by atoms with van der Waals surface area (Å²) in [6.07, 6.45) is 3.01. The molecule has 0 spiro atoms. The Kier molecular flexibility index (Phi) is 4.10. The van der Waals surface area contributed by atoms with Crippen LogP contribution in [0.15, 0.2) is 24.4 Å². The van der Waals surface area contributed by atoms with Crippen LogP contribution < -0.4 is 10.1 Å². The van der Waals surface area contributed by atoms with E-state index in [-0.39, 0.29) is 0 Å². The number of hydrogen-bond donors (Lipinski definition) is 1. The normalized spacial score (nSPS) is 10.5. The second-order valence-electron chi connectivity index (χ2n) is 4.69. The fraction of sp³-hybridized carbons (Fsp3) is 0.400. The molecule has 0 aliphatic carbocycles. The Morgan fingerprint density at radius 3 is 2.84 bits per heavy atom. The lowest BCUT2D eigenvalue weighted by Gasteiger charge is -2.11. The number of aromatic nitrogens is 2. The zero-order chi connectivity index (χ0) is 13.8. The van der Waals surface area contributed by atoms with E-state index in [1.807, 2.05) is 23.9 Å². The minimum Gasteiger partial charge on any atom is -0.495 e. The number of benzene rings is 1. The summed E-state index contributed by atoms with van der Waals surface area (Å²) in [7, 11) is 3.65. The van der Waals surface area contributed by atoms with E-state index in [9.17, 15) is 0 Å². The van der Waals surface area contributed by atoms with Gasteiger partial charge < -0.3 is 10.1 Å². The van der Waals surface area contributed by atoms with E-state index in [0.29, 0.717) is 0 Å². The van der Waals surface area contributed by atoms with E-state index in [0.717, 1.165) is 30.1 Å². The second kappa shape index (κ2) is 5.78. The van der Waals surface area contributed by atoms with Gasteiger partial charge in [-0.2, -0.15) is 5.10 Å². The molecule has 2 rings (SSSR count). The maximum absolute atomic E-state index is 5.37. The minimum atomic E-state index is 0.761. The van der Waals surface area contributed by atoms with Gasteiger partial charge in [0.05, 0.1) is 18.5 Å². The molecular weight excluding hydrogens is 238 g/mol. The molecule has 102 valence electrons. The first-order chi connectivity index (χ1) is 9.13. The van der Waals surface area contributed by atoms with Crippen molar-refractivity contribution in [1.82, 2.24) is 9.78 Å². The summed E-state index contributed by atoms with van der Waals surface area (Å²) in [6, 6.07) is 6.13. The molecule has 19 heavy (non-hydrogen) atoms. The minimum absolute atomic E-state index is 0.761. The summed E-state index contributed by atoms with van der Waals surface area (Å²) in [5.41, 5.74) is 4.61. The molecule has 0 aliphatic rings. The molecule has 0 bridgehead atoms. The molecule has 0 fully saturated rings. The lowest BCUT2D eigenvalue weighted by molar-refractivity contribution is 0.416. The van der Waals surface area contributed by atoms with Gasteiger partial charge in [-0.15, -0.1) is 0 Å². The molecule has 0 unspecified atom stereocenters. The first-order valence-corrected chi connectivity index (χ1v) is 6.54. The molecule has 0 radical (unpaired) electrons. The van der Waals surface area contributed by atoms with E-state index in [1.54, 1.807) is 7.11 Å². The summed E-state index contributed by atoms with van der Waals surface area (Å²) in [5, 5.41) is 7.88. The summed E-state index contributed by atoms with van der Waals surface area (Å²) in [5.74, 6) is 0.868. The van der Waals surface area contributed by atoms with Crippen molar-refractivity contribution >= 4 is 5.69 Å². The fourth-order valence-electron chi connectivity index (χ4n) is 2.18. The summed E-state index contributed by atoms with van der Waals surface area (Å²) < 4.78 is 7.23. The van der Waals surface area contributed by atoms with Gasteiger partial charge in [0.15, 0.2) is 0 Å². The Balaban J connectivity index is 2.15. The smallest absolute Gasteiger partial charge is 0.141 e. The van der Waals surface area contributed by atoms with Crippen LogP contribution in [0.1, 0.15) is 23.7 Å². The van der Waals surface area contributed by atoms with Crippen LogP contribution in [0.4, 0.5) is 5.69 Å². The van der Waals surface area contributed by atoms with E-state index in [2.05, 4.69) is 36.5 Å². The first kappa shape index (κ1) is 13.5. The highest BCUT2D eigenvalue weighted by Gasteiger charge is 2.07. The molecule has 1 aromatic heterocycles. The third-order valence-electron chi connectivity index (χ3n) is 3.15. The molecule has 0 atom stereocenters. The number of methoxy groups -OCH3 is 1. The van der Waals surface area contributed by atoms with Crippen LogP contribution in [0.3, 0.4) is 0 Å². The van der Waals surface area contributed by atoms with Gasteiger partial charge in [0.2, 0.25) is 0 Å². The lowest BCUT2D eigenvalue weighted by Crippen LogP contribution is -2.03. The SMILES string of the molecule is CCc1nn(C)cc1CNc1cc(C)ccc1OC. The van der Waals surface area contributed by atoms with Crippen molar-refractivity contribution in [2.75, 3.05) is 12.4 Å². The van der Waals surface area contributed by atoms with Crippen LogP contribution in [0, 0.1) is 6.92 Å². The zero-order valence-electron chi connectivity index (χ0n) is 12.0. The molecule has 0 saturated carbocycles. The van der Waals surface area contributed by atoms with Gasteiger partial charge >= 0.3 is 0 Å². The van der Waals surface area contributed by atoms with Gasteiger partial charge in [-0.25, -0.2) is 0 Å². The van der Waals surface area contributed by atoms with Gasteiger partial charge in [-0.05, 0) is 31.0 Å². The van der Waals surface area contributed by atoms with Gasteiger partial charge in [-0.1, -0.05) is 13.0 Å². The van der Waals surface area contributed by atoms with Crippen molar-refractivity contribution < 1.29 is 4.74 Å². The van der Waals surface area contributed by atoms with Crippen LogP contribution in [0.25, 0.3) is 0 Å². The number of aryl methyl sites for hydroxylation is 3. The highest BCUT2D eigenvalue weighted by atomic mass is 16.5. The van der Waals surface area contributed by atoms with Crippen molar-refractivity contribution in [2.45, 2.75) is 26.8 Å². The number of nitrogens with one attached hydrogen (secondary N) is 1. The standard InChI is InChI=1S/C15H21N3O/c1-5-13-12(10-18(3)17-13)9-16-14-8-11(2)6-7-15(14)19-4/h6-8,10,16H,5,9H2,1-4H3. The number of anilines is 1. The number of nitrogens with zero attached hydrogens (tertiary/aromatic N) is 2. The van der Waals surface area contributed by atoms with Crippen molar-refractivity contribution in [3.05, 3.63) is 41.2 Å². The Bertz CT molecular complexity index is 561.